The van der Waals surface area contributed by atoms with Gasteiger partial charge in [-0.3, -0.25) is 0 Å². The standard InChI is InChI=1S/C15H23ClN2/c1-3-18(12-7-5-4-6-8-12)15-10-13(16)14(17)9-11(15)2/h9-10,12H,3-8,17H2,1-2H3. The number of halogens is 1. The Bertz CT molecular complexity index is 411. The molecule has 0 radical (unpaired) electrons. The smallest absolute Gasteiger partial charge is 0.0656 e. The molecule has 0 aliphatic heterocycles. The van der Waals surface area contributed by atoms with E-state index in [2.05, 4.69) is 18.7 Å². The van der Waals surface area contributed by atoms with E-state index in [-0.39, 0.29) is 0 Å². The van der Waals surface area contributed by atoms with Gasteiger partial charge in [-0.25, -0.2) is 0 Å². The van der Waals surface area contributed by atoms with Crippen molar-refractivity contribution in [3.05, 3.63) is 22.7 Å². The number of nitrogens with two attached hydrogens (primary N) is 1. The van der Waals surface area contributed by atoms with Crippen LogP contribution in [0.5, 0.6) is 0 Å². The zero-order valence-electron chi connectivity index (χ0n) is 11.4. The molecule has 0 aromatic heterocycles. The van der Waals surface area contributed by atoms with Crippen molar-refractivity contribution in [1.82, 2.24) is 0 Å². The summed E-state index contributed by atoms with van der Waals surface area (Å²) in [5.74, 6) is 0. The van der Waals surface area contributed by atoms with Gasteiger partial charge in [-0.1, -0.05) is 30.9 Å². The van der Waals surface area contributed by atoms with Crippen LogP contribution < -0.4 is 10.6 Å². The molecule has 1 fully saturated rings. The SMILES string of the molecule is CCN(c1cc(Cl)c(N)cc1C)C1CCCCC1. The summed E-state index contributed by atoms with van der Waals surface area (Å²) >= 11 is 6.17. The fourth-order valence-corrected chi connectivity index (χ4v) is 3.18. The molecule has 0 heterocycles. The van der Waals surface area contributed by atoms with Crippen molar-refractivity contribution in [3.8, 4) is 0 Å². The minimum Gasteiger partial charge on any atom is -0.398 e. The van der Waals surface area contributed by atoms with Gasteiger partial charge in [0, 0.05) is 18.3 Å². The van der Waals surface area contributed by atoms with E-state index in [1.54, 1.807) is 0 Å². The van der Waals surface area contributed by atoms with E-state index in [9.17, 15) is 0 Å². The number of benzene rings is 1. The predicted molar refractivity (Wildman–Crippen MR) is 80.5 cm³/mol. The minimum absolute atomic E-state index is 0.669. The molecule has 0 bridgehead atoms. The van der Waals surface area contributed by atoms with Gasteiger partial charge in [0.15, 0.2) is 0 Å². The molecule has 2 nitrogen and oxygen atoms in total. The Labute approximate surface area is 115 Å². The number of hydrogen-bond acceptors (Lipinski definition) is 2. The maximum Gasteiger partial charge on any atom is 0.0656 e. The topological polar surface area (TPSA) is 29.3 Å². The van der Waals surface area contributed by atoms with Crippen molar-refractivity contribution in [3.63, 3.8) is 0 Å². The van der Waals surface area contributed by atoms with E-state index < -0.39 is 0 Å². The van der Waals surface area contributed by atoms with Crippen LogP contribution in [0.1, 0.15) is 44.6 Å². The third-order valence-electron chi connectivity index (χ3n) is 3.98. The summed E-state index contributed by atoms with van der Waals surface area (Å²) in [6.07, 6.45) is 6.69. The van der Waals surface area contributed by atoms with Gasteiger partial charge in [-0.05, 0) is 44.4 Å². The van der Waals surface area contributed by atoms with Crippen LogP contribution in [0, 0.1) is 6.92 Å². The number of hydrogen-bond donors (Lipinski definition) is 1. The molecule has 0 spiro atoms. The first-order valence-corrected chi connectivity index (χ1v) is 7.33. The van der Waals surface area contributed by atoms with Crippen molar-refractivity contribution in [1.29, 1.82) is 0 Å². The Morgan fingerprint density at radius 3 is 2.56 bits per heavy atom. The van der Waals surface area contributed by atoms with Crippen LogP contribution in [0.3, 0.4) is 0 Å². The lowest BCUT2D eigenvalue weighted by molar-refractivity contribution is 0.418. The highest BCUT2D eigenvalue weighted by Crippen LogP contribution is 2.33. The second kappa shape index (κ2) is 5.83. The first-order chi connectivity index (χ1) is 8.63. The highest BCUT2D eigenvalue weighted by Gasteiger charge is 2.21. The Morgan fingerprint density at radius 1 is 1.28 bits per heavy atom. The number of nitrogen functional groups attached to an aromatic ring is 1. The van der Waals surface area contributed by atoms with Gasteiger partial charge in [0.25, 0.3) is 0 Å². The second-order valence-corrected chi connectivity index (χ2v) is 5.65. The molecule has 0 atom stereocenters. The van der Waals surface area contributed by atoms with Gasteiger partial charge in [0.05, 0.1) is 10.7 Å². The molecule has 1 saturated carbocycles. The monoisotopic (exact) mass is 266 g/mol. The zero-order valence-corrected chi connectivity index (χ0v) is 12.1. The fraction of sp³-hybridized carbons (Fsp3) is 0.600. The Hall–Kier alpha value is -0.890. The molecule has 0 unspecified atom stereocenters. The Kier molecular flexibility index (Phi) is 4.39. The lowest BCUT2D eigenvalue weighted by atomic mass is 9.93. The maximum atomic E-state index is 6.17. The molecule has 0 saturated heterocycles. The van der Waals surface area contributed by atoms with E-state index in [0.717, 1.165) is 6.54 Å². The molecule has 1 aliphatic carbocycles. The zero-order chi connectivity index (χ0) is 13.1. The van der Waals surface area contributed by atoms with Gasteiger partial charge in [-0.2, -0.15) is 0 Å². The van der Waals surface area contributed by atoms with Crippen molar-refractivity contribution in [2.45, 2.75) is 52.0 Å². The number of aryl methyl sites for hydroxylation is 1. The average molecular weight is 267 g/mol. The van der Waals surface area contributed by atoms with Crippen LogP contribution in [0.15, 0.2) is 12.1 Å². The number of anilines is 2. The Balaban J connectivity index is 2.28. The number of nitrogens with zero attached hydrogens (tertiary/aromatic N) is 1. The third-order valence-corrected chi connectivity index (χ3v) is 4.31. The molecule has 1 aromatic rings. The lowest BCUT2D eigenvalue weighted by Crippen LogP contribution is -2.37. The van der Waals surface area contributed by atoms with Crippen molar-refractivity contribution >= 4 is 23.0 Å². The van der Waals surface area contributed by atoms with E-state index in [1.807, 2.05) is 12.1 Å². The minimum atomic E-state index is 0.669. The molecule has 1 aliphatic rings. The maximum absolute atomic E-state index is 6.17. The van der Waals surface area contributed by atoms with Crippen LogP contribution in [-0.4, -0.2) is 12.6 Å². The molecule has 0 amide bonds. The second-order valence-electron chi connectivity index (χ2n) is 5.24. The highest BCUT2D eigenvalue weighted by molar-refractivity contribution is 6.33. The summed E-state index contributed by atoms with van der Waals surface area (Å²) in [6.45, 7) is 5.37. The normalized spacial score (nSPS) is 16.8. The van der Waals surface area contributed by atoms with E-state index >= 15 is 0 Å². The van der Waals surface area contributed by atoms with Crippen molar-refractivity contribution in [2.24, 2.45) is 0 Å². The number of rotatable bonds is 3. The largest absolute Gasteiger partial charge is 0.398 e. The summed E-state index contributed by atoms with van der Waals surface area (Å²) in [5, 5.41) is 0.671. The quantitative estimate of drug-likeness (QED) is 0.822. The average Bonchev–Trinajstić information content (AvgIpc) is 2.38. The van der Waals surface area contributed by atoms with Crippen LogP contribution in [0.25, 0.3) is 0 Å². The molecule has 100 valence electrons. The van der Waals surface area contributed by atoms with Crippen molar-refractivity contribution < 1.29 is 0 Å². The molecule has 18 heavy (non-hydrogen) atoms. The van der Waals surface area contributed by atoms with Gasteiger partial charge >= 0.3 is 0 Å². The van der Waals surface area contributed by atoms with E-state index in [1.165, 1.54) is 43.4 Å². The molecule has 3 heteroatoms. The van der Waals surface area contributed by atoms with Crippen LogP contribution in [0.2, 0.25) is 5.02 Å². The van der Waals surface area contributed by atoms with Crippen molar-refractivity contribution in [2.75, 3.05) is 17.2 Å². The summed E-state index contributed by atoms with van der Waals surface area (Å²) in [5.41, 5.74) is 9.02. The predicted octanol–water partition coefficient (Wildman–Crippen LogP) is 4.39. The fourth-order valence-electron chi connectivity index (χ4n) is 3.02. The lowest BCUT2D eigenvalue weighted by Gasteiger charge is -2.36. The van der Waals surface area contributed by atoms with Gasteiger partial charge in [0.2, 0.25) is 0 Å². The van der Waals surface area contributed by atoms with E-state index in [4.69, 9.17) is 17.3 Å². The summed E-state index contributed by atoms with van der Waals surface area (Å²) in [4.78, 5) is 2.50. The molecule has 1 aromatic carbocycles. The van der Waals surface area contributed by atoms with Gasteiger partial charge in [-0.15, -0.1) is 0 Å². The Morgan fingerprint density at radius 2 is 1.94 bits per heavy atom. The van der Waals surface area contributed by atoms with Crippen LogP contribution >= 0.6 is 11.6 Å². The summed E-state index contributed by atoms with van der Waals surface area (Å²) < 4.78 is 0. The molecular weight excluding hydrogens is 244 g/mol. The first kappa shape index (κ1) is 13.5. The molecular formula is C15H23ClN2. The highest BCUT2D eigenvalue weighted by atomic mass is 35.5. The third kappa shape index (κ3) is 2.74. The molecule has 2 rings (SSSR count). The van der Waals surface area contributed by atoms with Crippen LogP contribution in [-0.2, 0) is 0 Å². The van der Waals surface area contributed by atoms with Crippen LogP contribution in [0.4, 0.5) is 11.4 Å². The first-order valence-electron chi connectivity index (χ1n) is 6.95. The van der Waals surface area contributed by atoms with E-state index in [0.29, 0.717) is 16.8 Å². The molecule has 2 N–H and O–H groups in total. The summed E-state index contributed by atoms with van der Waals surface area (Å²) in [6, 6.07) is 4.69. The van der Waals surface area contributed by atoms with Gasteiger partial charge < -0.3 is 10.6 Å². The van der Waals surface area contributed by atoms with Gasteiger partial charge in [0.1, 0.15) is 0 Å². The summed E-state index contributed by atoms with van der Waals surface area (Å²) in [7, 11) is 0.